The first-order valence-corrected chi connectivity index (χ1v) is 8.77. The highest BCUT2D eigenvalue weighted by Gasteiger charge is 2.16. The van der Waals surface area contributed by atoms with E-state index in [9.17, 15) is 8.42 Å². The lowest BCUT2D eigenvalue weighted by molar-refractivity contribution is 0.122. The third kappa shape index (κ3) is 3.77. The molecule has 2 aromatic rings. The second-order valence-corrected chi connectivity index (χ2v) is 6.98. The minimum absolute atomic E-state index is 0.217. The molecule has 8 heteroatoms. The van der Waals surface area contributed by atoms with Crippen LogP contribution in [0.2, 0.25) is 0 Å². The molecule has 0 unspecified atom stereocenters. The van der Waals surface area contributed by atoms with Gasteiger partial charge in [0, 0.05) is 13.1 Å². The molecule has 7 nitrogen and oxygen atoms in total. The number of anilines is 2. The van der Waals surface area contributed by atoms with E-state index < -0.39 is 10.0 Å². The monoisotopic (exact) mass is 334 g/mol. The molecule has 0 saturated carbocycles. The van der Waals surface area contributed by atoms with Gasteiger partial charge in [-0.1, -0.05) is 12.1 Å². The molecule has 0 amide bonds. The summed E-state index contributed by atoms with van der Waals surface area (Å²) in [6.07, 6.45) is 2.95. The van der Waals surface area contributed by atoms with Crippen molar-refractivity contribution in [1.82, 2.24) is 9.97 Å². The van der Waals surface area contributed by atoms with E-state index in [1.165, 1.54) is 12.4 Å². The standard InChI is InChI=1S/C15H18N4O3S/c1-12-3-2-4-14(9-12)23(20,21)18-13-10-16-15(17-11-13)19-5-7-22-8-6-19/h2-4,9-11,18H,5-8H2,1H3. The SMILES string of the molecule is Cc1cccc(S(=O)(=O)Nc2cnc(N3CCOCC3)nc2)c1. The number of rotatable bonds is 4. The van der Waals surface area contributed by atoms with E-state index in [2.05, 4.69) is 14.7 Å². The zero-order valence-corrected chi connectivity index (χ0v) is 13.6. The van der Waals surface area contributed by atoms with Gasteiger partial charge in [-0.05, 0) is 24.6 Å². The van der Waals surface area contributed by atoms with Crippen LogP contribution in [-0.2, 0) is 14.8 Å². The molecule has 122 valence electrons. The molecule has 1 N–H and O–H groups in total. The molecular formula is C15H18N4O3S. The van der Waals surface area contributed by atoms with Crippen LogP contribution in [0.5, 0.6) is 0 Å². The largest absolute Gasteiger partial charge is 0.378 e. The maximum atomic E-state index is 12.3. The van der Waals surface area contributed by atoms with Gasteiger partial charge in [0.15, 0.2) is 0 Å². The van der Waals surface area contributed by atoms with E-state index in [0.717, 1.165) is 18.7 Å². The van der Waals surface area contributed by atoms with Crippen molar-refractivity contribution in [2.45, 2.75) is 11.8 Å². The number of sulfonamides is 1. The Morgan fingerprint density at radius 1 is 1.17 bits per heavy atom. The molecule has 0 spiro atoms. The van der Waals surface area contributed by atoms with E-state index >= 15 is 0 Å². The molecule has 1 aliphatic rings. The van der Waals surface area contributed by atoms with Crippen molar-refractivity contribution in [3.8, 4) is 0 Å². The Kier molecular flexibility index (Phi) is 4.44. The van der Waals surface area contributed by atoms with E-state index in [-0.39, 0.29) is 4.90 Å². The fourth-order valence-corrected chi connectivity index (χ4v) is 3.43. The van der Waals surface area contributed by atoms with Crippen LogP contribution in [0.25, 0.3) is 0 Å². The number of nitrogens with one attached hydrogen (secondary N) is 1. The van der Waals surface area contributed by atoms with Gasteiger partial charge >= 0.3 is 0 Å². The molecule has 23 heavy (non-hydrogen) atoms. The number of hydrogen-bond donors (Lipinski definition) is 1. The average molecular weight is 334 g/mol. The Hall–Kier alpha value is -2.19. The first-order valence-electron chi connectivity index (χ1n) is 7.29. The lowest BCUT2D eigenvalue weighted by atomic mass is 10.2. The van der Waals surface area contributed by atoms with Crippen LogP contribution < -0.4 is 9.62 Å². The summed E-state index contributed by atoms with van der Waals surface area (Å²) in [4.78, 5) is 10.7. The average Bonchev–Trinajstić information content (AvgIpc) is 2.56. The maximum absolute atomic E-state index is 12.3. The summed E-state index contributed by atoms with van der Waals surface area (Å²) in [6, 6.07) is 6.73. The second-order valence-electron chi connectivity index (χ2n) is 5.29. The van der Waals surface area contributed by atoms with Gasteiger partial charge in [-0.15, -0.1) is 0 Å². The molecule has 1 aliphatic heterocycles. The summed E-state index contributed by atoms with van der Waals surface area (Å²) in [5.74, 6) is 0.576. The third-order valence-electron chi connectivity index (χ3n) is 3.48. The fourth-order valence-electron chi connectivity index (χ4n) is 2.30. The molecule has 3 rings (SSSR count). The number of morpholine rings is 1. The molecule has 1 aromatic heterocycles. The molecule has 1 saturated heterocycles. The van der Waals surface area contributed by atoms with E-state index in [4.69, 9.17) is 4.74 Å². The predicted molar refractivity (Wildman–Crippen MR) is 87.1 cm³/mol. The van der Waals surface area contributed by atoms with Crippen molar-refractivity contribution < 1.29 is 13.2 Å². The highest BCUT2D eigenvalue weighted by molar-refractivity contribution is 7.92. The van der Waals surface area contributed by atoms with Gasteiger partial charge in [-0.3, -0.25) is 4.72 Å². The van der Waals surface area contributed by atoms with E-state index in [0.29, 0.717) is 24.8 Å². The number of nitrogens with zero attached hydrogens (tertiary/aromatic N) is 3. The van der Waals surface area contributed by atoms with E-state index in [1.807, 2.05) is 17.9 Å². The van der Waals surface area contributed by atoms with Crippen LogP contribution >= 0.6 is 0 Å². The zero-order valence-electron chi connectivity index (χ0n) is 12.8. The van der Waals surface area contributed by atoms with Gasteiger partial charge in [0.2, 0.25) is 5.95 Å². The van der Waals surface area contributed by atoms with Gasteiger partial charge in [-0.2, -0.15) is 0 Å². The van der Waals surface area contributed by atoms with Crippen LogP contribution in [0, 0.1) is 6.92 Å². The lowest BCUT2D eigenvalue weighted by Gasteiger charge is -2.26. The quantitative estimate of drug-likeness (QED) is 0.910. The Labute approximate surface area is 135 Å². The van der Waals surface area contributed by atoms with Crippen molar-refractivity contribution in [2.75, 3.05) is 35.9 Å². The molecule has 2 heterocycles. The van der Waals surface area contributed by atoms with Crippen molar-refractivity contribution in [3.05, 3.63) is 42.2 Å². The summed E-state index contributed by atoms with van der Waals surface area (Å²) < 4.78 is 32.5. The topological polar surface area (TPSA) is 84.4 Å². The minimum atomic E-state index is -3.64. The molecular weight excluding hydrogens is 316 g/mol. The van der Waals surface area contributed by atoms with Gasteiger partial charge in [0.1, 0.15) is 0 Å². The minimum Gasteiger partial charge on any atom is -0.378 e. The van der Waals surface area contributed by atoms with Gasteiger partial charge < -0.3 is 9.64 Å². The molecule has 1 aromatic carbocycles. The molecule has 0 radical (unpaired) electrons. The predicted octanol–water partition coefficient (Wildman–Crippen LogP) is 1.42. The number of hydrogen-bond acceptors (Lipinski definition) is 6. The van der Waals surface area contributed by atoms with Crippen LogP contribution in [0.1, 0.15) is 5.56 Å². The third-order valence-corrected chi connectivity index (χ3v) is 4.86. The summed E-state index contributed by atoms with van der Waals surface area (Å²) in [6.45, 7) is 4.60. The van der Waals surface area contributed by atoms with Crippen LogP contribution in [0.3, 0.4) is 0 Å². The van der Waals surface area contributed by atoms with Gasteiger partial charge in [0.05, 0.1) is 36.2 Å². The first kappa shape index (κ1) is 15.7. The number of ether oxygens (including phenoxy) is 1. The smallest absolute Gasteiger partial charge is 0.262 e. The second kappa shape index (κ2) is 6.51. The Morgan fingerprint density at radius 2 is 1.87 bits per heavy atom. The maximum Gasteiger partial charge on any atom is 0.262 e. The van der Waals surface area contributed by atoms with Crippen molar-refractivity contribution >= 4 is 21.7 Å². The van der Waals surface area contributed by atoms with Gasteiger partial charge in [-0.25, -0.2) is 18.4 Å². The first-order chi connectivity index (χ1) is 11.0. The number of aryl methyl sites for hydroxylation is 1. The normalized spacial score (nSPS) is 15.4. The molecule has 0 bridgehead atoms. The van der Waals surface area contributed by atoms with Gasteiger partial charge in [0.25, 0.3) is 10.0 Å². The fraction of sp³-hybridized carbons (Fsp3) is 0.333. The molecule has 1 fully saturated rings. The van der Waals surface area contributed by atoms with Crippen LogP contribution in [-0.4, -0.2) is 44.7 Å². The molecule has 0 aliphatic carbocycles. The highest BCUT2D eigenvalue weighted by Crippen LogP contribution is 2.17. The van der Waals surface area contributed by atoms with Crippen molar-refractivity contribution in [1.29, 1.82) is 0 Å². The van der Waals surface area contributed by atoms with Crippen molar-refractivity contribution in [2.24, 2.45) is 0 Å². The van der Waals surface area contributed by atoms with Crippen LogP contribution in [0.15, 0.2) is 41.6 Å². The Bertz CT molecular complexity index is 772. The zero-order chi connectivity index (χ0) is 16.3. The van der Waals surface area contributed by atoms with E-state index in [1.54, 1.807) is 18.2 Å². The molecule has 0 atom stereocenters. The number of aromatic nitrogens is 2. The lowest BCUT2D eigenvalue weighted by Crippen LogP contribution is -2.37. The number of benzene rings is 1. The summed E-state index contributed by atoms with van der Waals surface area (Å²) in [5, 5.41) is 0. The van der Waals surface area contributed by atoms with Crippen molar-refractivity contribution in [3.63, 3.8) is 0 Å². The Morgan fingerprint density at radius 3 is 2.52 bits per heavy atom. The summed E-state index contributed by atoms with van der Waals surface area (Å²) in [5.41, 5.74) is 1.22. The Balaban J connectivity index is 1.75. The van der Waals surface area contributed by atoms with Crippen LogP contribution in [0.4, 0.5) is 11.6 Å². The summed E-state index contributed by atoms with van der Waals surface area (Å²) in [7, 11) is -3.64. The highest BCUT2D eigenvalue weighted by atomic mass is 32.2. The summed E-state index contributed by atoms with van der Waals surface area (Å²) >= 11 is 0.